The number of esters is 3. The average molecular weight is 444 g/mol. The van der Waals surface area contributed by atoms with Crippen LogP contribution in [-0.4, -0.2) is 51.4 Å². The molecule has 2 rings (SSSR count). The maximum atomic E-state index is 12.1. The second kappa shape index (κ2) is 11.7. The molecule has 2 aromatic rings. The molecule has 0 heterocycles. The van der Waals surface area contributed by atoms with Gasteiger partial charge in [-0.1, -0.05) is 18.2 Å². The van der Waals surface area contributed by atoms with Crippen LogP contribution in [0.15, 0.2) is 30.3 Å². The molecule has 0 saturated carbocycles. The Morgan fingerprint density at radius 3 is 1.94 bits per heavy atom. The maximum absolute atomic E-state index is 12.1. The van der Waals surface area contributed by atoms with Crippen LogP contribution in [0, 0.1) is 13.8 Å². The smallest absolute Gasteiger partial charge is 0.338 e. The first-order chi connectivity index (χ1) is 15.3. The van der Waals surface area contributed by atoms with E-state index >= 15 is 0 Å². The molecule has 0 N–H and O–H groups in total. The predicted octanol–water partition coefficient (Wildman–Crippen LogP) is 3.64. The zero-order valence-corrected chi connectivity index (χ0v) is 19.0. The van der Waals surface area contributed by atoms with Gasteiger partial charge in [-0.3, -0.25) is 9.59 Å². The summed E-state index contributed by atoms with van der Waals surface area (Å²) in [7, 11) is 1.34. The van der Waals surface area contributed by atoms with Gasteiger partial charge in [-0.25, -0.2) is 4.79 Å². The molecule has 8 nitrogen and oxygen atoms in total. The molecule has 0 atom stereocenters. The van der Waals surface area contributed by atoms with Gasteiger partial charge in [-0.05, 0) is 42.7 Å². The lowest BCUT2D eigenvalue weighted by Crippen LogP contribution is -2.13. The molecule has 2 aromatic carbocycles. The molecule has 0 bridgehead atoms. The zero-order valence-electron chi connectivity index (χ0n) is 19.0. The van der Waals surface area contributed by atoms with Crippen molar-refractivity contribution in [3.05, 3.63) is 47.0 Å². The number of ether oxygens (including phenoxy) is 5. The highest BCUT2D eigenvalue weighted by Crippen LogP contribution is 2.39. The number of methoxy groups -OCH3 is 1. The van der Waals surface area contributed by atoms with E-state index < -0.39 is 11.9 Å². The van der Waals surface area contributed by atoms with Gasteiger partial charge < -0.3 is 23.7 Å². The van der Waals surface area contributed by atoms with Crippen molar-refractivity contribution in [3.8, 4) is 22.6 Å². The Labute approximate surface area is 187 Å². The number of carbonyl (C=O) groups excluding carboxylic acids is 3. The first-order valence-corrected chi connectivity index (χ1v) is 10.1. The van der Waals surface area contributed by atoms with Crippen LogP contribution >= 0.6 is 0 Å². The average Bonchev–Trinajstić information content (AvgIpc) is 2.75. The van der Waals surface area contributed by atoms with Crippen molar-refractivity contribution in [1.82, 2.24) is 0 Å². The predicted molar refractivity (Wildman–Crippen MR) is 117 cm³/mol. The lowest BCUT2D eigenvalue weighted by molar-refractivity contribution is -0.142. The maximum Gasteiger partial charge on any atom is 0.338 e. The van der Waals surface area contributed by atoms with Crippen LogP contribution in [0.1, 0.15) is 35.3 Å². The van der Waals surface area contributed by atoms with E-state index in [-0.39, 0.29) is 32.4 Å². The third-order valence-corrected chi connectivity index (χ3v) is 4.68. The Balaban J connectivity index is 2.38. The lowest BCUT2D eigenvalue weighted by Gasteiger charge is -2.19. The normalized spacial score (nSPS) is 10.3. The first-order valence-electron chi connectivity index (χ1n) is 10.1. The minimum Gasteiger partial charge on any atom is -0.486 e. The van der Waals surface area contributed by atoms with Crippen LogP contribution in [0.3, 0.4) is 0 Å². The zero-order chi connectivity index (χ0) is 23.7. The van der Waals surface area contributed by atoms with Crippen LogP contribution in [-0.2, 0) is 23.8 Å². The summed E-state index contributed by atoms with van der Waals surface area (Å²) < 4.78 is 26.4. The van der Waals surface area contributed by atoms with Crippen LogP contribution < -0.4 is 9.47 Å². The summed E-state index contributed by atoms with van der Waals surface area (Å²) in [6, 6.07) is 9.04. The van der Waals surface area contributed by atoms with Gasteiger partial charge in [0.1, 0.15) is 26.4 Å². The fraction of sp³-hybridized carbons (Fsp3) is 0.375. The molecule has 0 amide bonds. The molecule has 172 valence electrons. The van der Waals surface area contributed by atoms with E-state index in [9.17, 15) is 14.4 Å². The molecular weight excluding hydrogens is 416 g/mol. The number of benzene rings is 2. The number of carbonyl (C=O) groups is 3. The van der Waals surface area contributed by atoms with Gasteiger partial charge in [-0.15, -0.1) is 0 Å². The highest BCUT2D eigenvalue weighted by Gasteiger charge is 2.18. The molecule has 0 aliphatic rings. The van der Waals surface area contributed by atoms with Gasteiger partial charge in [0.05, 0.1) is 12.7 Å². The fourth-order valence-corrected chi connectivity index (χ4v) is 3.18. The van der Waals surface area contributed by atoms with E-state index in [1.54, 1.807) is 18.2 Å². The Bertz CT molecular complexity index is 980. The summed E-state index contributed by atoms with van der Waals surface area (Å²) in [5, 5.41) is 0. The summed E-state index contributed by atoms with van der Waals surface area (Å²) in [5.74, 6) is -0.264. The minimum atomic E-state index is -0.412. The third-order valence-electron chi connectivity index (χ3n) is 4.68. The van der Waals surface area contributed by atoms with Gasteiger partial charge >= 0.3 is 17.9 Å². The molecule has 0 unspecified atom stereocenters. The molecule has 0 aliphatic heterocycles. The first kappa shape index (κ1) is 24.7. The molecule has 0 saturated heterocycles. The molecule has 0 spiro atoms. The Kier molecular flexibility index (Phi) is 9.07. The van der Waals surface area contributed by atoms with Gasteiger partial charge in [0.2, 0.25) is 0 Å². The molecule has 0 radical (unpaired) electrons. The van der Waals surface area contributed by atoms with E-state index in [4.69, 9.17) is 23.7 Å². The standard InChI is InChI=1S/C24H28O8/c1-15-19(7-6-8-21(15)24(27)28-5)20-9-10-22(31-13-11-29-17(3)25)23(16(20)2)32-14-12-30-18(4)26/h6-10H,11-14H2,1-5H3. The van der Waals surface area contributed by atoms with Crippen LogP contribution in [0.5, 0.6) is 11.5 Å². The second-order valence-corrected chi connectivity index (χ2v) is 6.91. The highest BCUT2D eigenvalue weighted by molar-refractivity contribution is 5.93. The molecular formula is C24H28O8. The van der Waals surface area contributed by atoms with Crippen molar-refractivity contribution in [2.24, 2.45) is 0 Å². The van der Waals surface area contributed by atoms with Gasteiger partial charge in [0, 0.05) is 19.4 Å². The van der Waals surface area contributed by atoms with Crippen molar-refractivity contribution >= 4 is 17.9 Å². The van der Waals surface area contributed by atoms with E-state index in [2.05, 4.69) is 0 Å². The van der Waals surface area contributed by atoms with Crippen LogP contribution in [0.4, 0.5) is 0 Å². The fourth-order valence-electron chi connectivity index (χ4n) is 3.18. The highest BCUT2D eigenvalue weighted by atomic mass is 16.6. The van der Waals surface area contributed by atoms with Crippen molar-refractivity contribution in [2.75, 3.05) is 33.5 Å². The van der Waals surface area contributed by atoms with Gasteiger partial charge in [0.15, 0.2) is 11.5 Å². The SMILES string of the molecule is COC(=O)c1cccc(-c2ccc(OCCOC(C)=O)c(OCCOC(C)=O)c2C)c1C. The lowest BCUT2D eigenvalue weighted by atomic mass is 9.93. The number of hydrogen-bond donors (Lipinski definition) is 0. The molecule has 0 aromatic heterocycles. The Hall–Kier alpha value is -3.55. The minimum absolute atomic E-state index is 0.0861. The van der Waals surface area contributed by atoms with E-state index in [1.165, 1.54) is 21.0 Å². The summed E-state index contributed by atoms with van der Waals surface area (Å²) in [4.78, 5) is 34.1. The van der Waals surface area contributed by atoms with E-state index in [0.29, 0.717) is 17.1 Å². The quantitative estimate of drug-likeness (QED) is 0.311. The Morgan fingerprint density at radius 2 is 1.34 bits per heavy atom. The molecule has 32 heavy (non-hydrogen) atoms. The number of hydrogen-bond acceptors (Lipinski definition) is 8. The third kappa shape index (κ3) is 6.47. The summed E-state index contributed by atoms with van der Waals surface area (Å²) in [6.45, 7) is 6.85. The Morgan fingerprint density at radius 1 is 0.750 bits per heavy atom. The summed E-state index contributed by atoms with van der Waals surface area (Å²) in [6.07, 6.45) is 0. The molecule has 0 aliphatic carbocycles. The number of rotatable bonds is 10. The van der Waals surface area contributed by atoms with Crippen LogP contribution in [0.2, 0.25) is 0 Å². The molecule has 0 fully saturated rings. The van der Waals surface area contributed by atoms with Gasteiger partial charge in [0.25, 0.3) is 0 Å². The van der Waals surface area contributed by atoms with E-state index in [0.717, 1.165) is 22.3 Å². The largest absolute Gasteiger partial charge is 0.486 e. The monoisotopic (exact) mass is 444 g/mol. The second-order valence-electron chi connectivity index (χ2n) is 6.91. The molecule has 8 heteroatoms. The summed E-state index contributed by atoms with van der Waals surface area (Å²) in [5.41, 5.74) is 3.73. The van der Waals surface area contributed by atoms with E-state index in [1.807, 2.05) is 26.0 Å². The van der Waals surface area contributed by atoms with Gasteiger partial charge in [-0.2, -0.15) is 0 Å². The summed E-state index contributed by atoms with van der Waals surface area (Å²) >= 11 is 0. The van der Waals surface area contributed by atoms with Crippen molar-refractivity contribution < 1.29 is 38.1 Å². The topological polar surface area (TPSA) is 97.4 Å². The van der Waals surface area contributed by atoms with Crippen molar-refractivity contribution in [2.45, 2.75) is 27.7 Å². The van der Waals surface area contributed by atoms with Crippen molar-refractivity contribution in [1.29, 1.82) is 0 Å². The van der Waals surface area contributed by atoms with Crippen molar-refractivity contribution in [3.63, 3.8) is 0 Å². The van der Waals surface area contributed by atoms with Crippen LogP contribution in [0.25, 0.3) is 11.1 Å².